The van der Waals surface area contributed by atoms with Gasteiger partial charge in [0, 0.05) is 37.8 Å². The van der Waals surface area contributed by atoms with Gasteiger partial charge in [-0.3, -0.25) is 19.2 Å². The van der Waals surface area contributed by atoms with Gasteiger partial charge in [0.2, 0.25) is 0 Å². The lowest BCUT2D eigenvalue weighted by Crippen LogP contribution is -2.44. The summed E-state index contributed by atoms with van der Waals surface area (Å²) in [6.45, 7) is 0.159. The molecule has 2 atom stereocenters. The minimum absolute atomic E-state index is 0.0588. The zero-order valence-electron chi connectivity index (χ0n) is 17.2. The maximum atomic E-state index is 13.8. The normalized spacial score (nSPS) is 20.3. The first-order chi connectivity index (χ1) is 15.5. The zero-order valence-corrected chi connectivity index (χ0v) is 18.0. The molecule has 1 amide bonds. The van der Waals surface area contributed by atoms with Crippen molar-refractivity contribution >= 4 is 23.2 Å². The molecule has 2 aliphatic heterocycles. The molecule has 2 aliphatic rings. The summed E-state index contributed by atoms with van der Waals surface area (Å²) in [7, 11) is 1.41. The fourth-order valence-corrected chi connectivity index (χ4v) is 4.10. The molecule has 14 heteroatoms. The first kappa shape index (κ1) is 23.7. The van der Waals surface area contributed by atoms with Crippen LogP contribution in [0.25, 0.3) is 0 Å². The Hall–Kier alpha value is -2.45. The monoisotopic (exact) mass is 493 g/mol. The first-order valence-corrected chi connectivity index (χ1v) is 10.3. The fraction of sp³-hybridized carbons (Fsp3) is 0.474. The number of amides is 1. The number of hydroxylamine groups is 2. The molecule has 9 nitrogen and oxygen atoms in total. The Morgan fingerprint density at radius 1 is 1.39 bits per heavy atom. The Morgan fingerprint density at radius 3 is 2.79 bits per heavy atom. The van der Waals surface area contributed by atoms with Crippen LogP contribution in [0.1, 0.15) is 27.3 Å². The molecule has 0 saturated carbocycles. The van der Waals surface area contributed by atoms with Crippen molar-refractivity contribution in [2.24, 2.45) is 0 Å². The van der Waals surface area contributed by atoms with Crippen molar-refractivity contribution in [3.05, 3.63) is 45.5 Å². The molecule has 180 valence electrons. The van der Waals surface area contributed by atoms with Gasteiger partial charge in [0.05, 0.1) is 29.4 Å². The van der Waals surface area contributed by atoms with Gasteiger partial charge < -0.3 is 15.5 Å². The molecule has 2 aromatic rings. The summed E-state index contributed by atoms with van der Waals surface area (Å²) in [5.41, 5.74) is -0.368. The van der Waals surface area contributed by atoms with Crippen LogP contribution < -0.4 is 5.32 Å². The average Bonchev–Trinajstić information content (AvgIpc) is 3.05. The summed E-state index contributed by atoms with van der Waals surface area (Å²) in [6, 6.07) is 1.47. The van der Waals surface area contributed by atoms with E-state index in [1.165, 1.54) is 16.6 Å². The van der Waals surface area contributed by atoms with Gasteiger partial charge in [0.25, 0.3) is 5.91 Å². The van der Waals surface area contributed by atoms with Crippen molar-refractivity contribution in [1.82, 2.24) is 19.7 Å². The van der Waals surface area contributed by atoms with Crippen LogP contribution in [-0.2, 0) is 30.5 Å². The predicted octanol–water partition coefficient (Wildman–Crippen LogP) is 1.82. The van der Waals surface area contributed by atoms with Crippen LogP contribution in [0.15, 0.2) is 12.1 Å². The molecule has 0 bridgehead atoms. The van der Waals surface area contributed by atoms with E-state index in [-0.39, 0.29) is 37.6 Å². The number of aliphatic hydroxyl groups excluding tert-OH is 2. The molecular weight excluding hydrogens is 474 g/mol. The van der Waals surface area contributed by atoms with E-state index in [1.807, 2.05) is 0 Å². The molecule has 33 heavy (non-hydrogen) atoms. The second-order valence-corrected chi connectivity index (χ2v) is 8.13. The third-order valence-electron chi connectivity index (χ3n) is 5.48. The lowest BCUT2D eigenvalue weighted by Gasteiger charge is -2.32. The number of nitrogens with zero attached hydrogens (tertiary/aromatic N) is 4. The third-order valence-corrected chi connectivity index (χ3v) is 5.76. The number of aromatic nitrogens is 2. The van der Waals surface area contributed by atoms with Crippen LogP contribution in [0.3, 0.4) is 0 Å². The Labute approximate surface area is 190 Å². The Kier molecular flexibility index (Phi) is 6.26. The number of carbonyl (C=O) groups excluding carboxylic acids is 1. The van der Waals surface area contributed by atoms with E-state index >= 15 is 0 Å². The lowest BCUT2D eigenvalue weighted by molar-refractivity contribution is -0.159. The van der Waals surface area contributed by atoms with Crippen molar-refractivity contribution in [3.63, 3.8) is 0 Å². The van der Waals surface area contributed by atoms with Crippen molar-refractivity contribution in [3.8, 4) is 0 Å². The van der Waals surface area contributed by atoms with Crippen LogP contribution in [0.5, 0.6) is 0 Å². The molecule has 0 aliphatic carbocycles. The SMILES string of the molecule is CN1OC(CO)Cn2nc3c(c2C1=O)CN(C(O)Nc1cc(Cl)c(F)c(C(F)(F)F)c1)CC3. The molecule has 2 unspecified atom stereocenters. The van der Waals surface area contributed by atoms with Gasteiger partial charge in [0.1, 0.15) is 11.8 Å². The number of aliphatic hydroxyl groups is 2. The summed E-state index contributed by atoms with van der Waals surface area (Å²) in [4.78, 5) is 19.7. The molecule has 1 aromatic carbocycles. The quantitative estimate of drug-likeness (QED) is 0.441. The molecule has 3 N–H and O–H groups in total. The van der Waals surface area contributed by atoms with Crippen molar-refractivity contribution in [2.45, 2.75) is 38.1 Å². The van der Waals surface area contributed by atoms with E-state index in [2.05, 4.69) is 10.4 Å². The number of alkyl halides is 3. The van der Waals surface area contributed by atoms with Crippen LogP contribution in [-0.4, -0.2) is 68.5 Å². The molecule has 0 fully saturated rings. The number of carbonyl (C=O) groups is 1. The Bertz CT molecular complexity index is 1080. The van der Waals surface area contributed by atoms with Gasteiger partial charge in [-0.2, -0.15) is 18.3 Å². The molecule has 3 heterocycles. The first-order valence-electron chi connectivity index (χ1n) is 9.88. The van der Waals surface area contributed by atoms with E-state index in [4.69, 9.17) is 16.4 Å². The van der Waals surface area contributed by atoms with Gasteiger partial charge in [-0.15, -0.1) is 0 Å². The molecule has 4 rings (SSSR count). The summed E-state index contributed by atoms with van der Waals surface area (Å²) in [5.74, 6) is -2.08. The molecule has 1 aromatic heterocycles. The second kappa shape index (κ2) is 8.72. The van der Waals surface area contributed by atoms with E-state index < -0.39 is 40.9 Å². The summed E-state index contributed by atoms with van der Waals surface area (Å²) < 4.78 is 54.5. The second-order valence-electron chi connectivity index (χ2n) is 7.72. The van der Waals surface area contributed by atoms with E-state index in [0.29, 0.717) is 23.7 Å². The van der Waals surface area contributed by atoms with Crippen molar-refractivity contribution < 1.29 is 37.4 Å². The zero-order chi connectivity index (χ0) is 24.1. The number of rotatable bonds is 4. The average molecular weight is 494 g/mol. The van der Waals surface area contributed by atoms with E-state index in [0.717, 1.165) is 11.1 Å². The van der Waals surface area contributed by atoms with Gasteiger partial charge >= 0.3 is 6.18 Å². The topological polar surface area (TPSA) is 103 Å². The summed E-state index contributed by atoms with van der Waals surface area (Å²) >= 11 is 5.60. The van der Waals surface area contributed by atoms with Gasteiger partial charge in [-0.25, -0.2) is 9.45 Å². The highest BCUT2D eigenvalue weighted by Gasteiger charge is 2.37. The van der Waals surface area contributed by atoms with Crippen molar-refractivity contribution in [1.29, 1.82) is 0 Å². The lowest BCUT2D eigenvalue weighted by atomic mass is 10.0. The number of nitrogens with one attached hydrogen (secondary N) is 1. The number of halogens is 5. The molecule has 0 saturated heterocycles. The van der Waals surface area contributed by atoms with Crippen LogP contribution in [0, 0.1) is 5.82 Å². The fourth-order valence-electron chi connectivity index (χ4n) is 3.88. The van der Waals surface area contributed by atoms with Crippen molar-refractivity contribution in [2.75, 3.05) is 25.5 Å². The highest BCUT2D eigenvalue weighted by atomic mass is 35.5. The minimum Gasteiger partial charge on any atom is -0.393 e. The molecule has 0 radical (unpaired) electrons. The summed E-state index contributed by atoms with van der Waals surface area (Å²) in [5, 5.41) is 27.3. The predicted molar refractivity (Wildman–Crippen MR) is 106 cm³/mol. The maximum absolute atomic E-state index is 13.8. The van der Waals surface area contributed by atoms with Crippen LogP contribution in [0.2, 0.25) is 5.02 Å². The standard InChI is InChI=1S/C19H20ClF4N5O4/c1-27-17(31)16-11-7-28(3-2-14(11)26-29(16)6-10(8-30)33-27)18(32)25-9-4-12(19(22,23)24)15(21)13(20)5-9/h4-5,10,18,25,30,32H,2-3,6-8H2,1H3. The largest absolute Gasteiger partial charge is 0.419 e. The number of fused-ring (bicyclic) bond motifs is 3. The number of anilines is 1. The maximum Gasteiger partial charge on any atom is 0.419 e. The van der Waals surface area contributed by atoms with Gasteiger partial charge in [-0.1, -0.05) is 11.6 Å². The number of hydrogen-bond acceptors (Lipinski definition) is 7. The molecule has 0 spiro atoms. The highest BCUT2D eigenvalue weighted by Crippen LogP contribution is 2.36. The highest BCUT2D eigenvalue weighted by molar-refractivity contribution is 6.31. The third kappa shape index (κ3) is 4.51. The van der Waals surface area contributed by atoms with Gasteiger partial charge in [-0.05, 0) is 12.1 Å². The number of benzene rings is 1. The van der Waals surface area contributed by atoms with E-state index in [9.17, 15) is 32.6 Å². The van der Waals surface area contributed by atoms with Crippen LogP contribution >= 0.6 is 11.6 Å². The van der Waals surface area contributed by atoms with Gasteiger partial charge in [0.15, 0.2) is 12.2 Å². The number of hydrogen-bond donors (Lipinski definition) is 3. The summed E-state index contributed by atoms with van der Waals surface area (Å²) in [6.07, 6.45) is -6.74. The van der Waals surface area contributed by atoms with E-state index in [1.54, 1.807) is 0 Å². The molecular formula is C19H20ClF4N5O4. The Balaban J connectivity index is 1.57. The Morgan fingerprint density at radius 2 is 2.12 bits per heavy atom. The minimum atomic E-state index is -4.97. The smallest absolute Gasteiger partial charge is 0.393 e. The van der Waals surface area contributed by atoms with Crippen LogP contribution in [0.4, 0.5) is 23.2 Å².